The zero-order valence-electron chi connectivity index (χ0n) is 14.9. The Balaban J connectivity index is 2.66. The Morgan fingerprint density at radius 2 is 1.88 bits per heavy atom. The Morgan fingerprint density at radius 1 is 1.24 bits per heavy atom. The quantitative estimate of drug-likeness (QED) is 0.442. The van der Waals surface area contributed by atoms with Gasteiger partial charge in [-0.25, -0.2) is 4.79 Å². The SMILES string of the molecule is CCC(C)C(NC(=O)C(C)NC(=O)C1CCCN1C(=O)CN)C(=O)O. The number of hydrogen-bond donors (Lipinski definition) is 4. The van der Waals surface area contributed by atoms with E-state index in [0.717, 1.165) is 0 Å². The molecule has 0 aromatic rings. The summed E-state index contributed by atoms with van der Waals surface area (Å²) >= 11 is 0. The Labute approximate surface area is 147 Å². The number of nitrogens with one attached hydrogen (secondary N) is 2. The van der Waals surface area contributed by atoms with Crippen LogP contribution in [0, 0.1) is 5.92 Å². The number of amides is 3. The standard InChI is InChI=1S/C16H28N4O5/c1-4-9(2)13(16(24)25)19-14(22)10(3)18-15(23)11-6-5-7-20(11)12(21)8-17/h9-11,13H,4-8,17H2,1-3H3,(H,18,23)(H,19,22)(H,24,25). The van der Waals surface area contributed by atoms with Gasteiger partial charge in [-0.3, -0.25) is 14.4 Å². The van der Waals surface area contributed by atoms with Crippen LogP contribution in [-0.4, -0.2) is 64.9 Å². The average molecular weight is 356 g/mol. The van der Waals surface area contributed by atoms with E-state index in [0.29, 0.717) is 25.8 Å². The minimum Gasteiger partial charge on any atom is -0.480 e. The van der Waals surface area contributed by atoms with Crippen molar-refractivity contribution in [2.45, 2.75) is 58.2 Å². The minimum atomic E-state index is -1.11. The van der Waals surface area contributed by atoms with Gasteiger partial charge in [0.05, 0.1) is 6.54 Å². The first kappa shape index (κ1) is 20.9. The van der Waals surface area contributed by atoms with Crippen LogP contribution in [0.3, 0.4) is 0 Å². The molecule has 0 radical (unpaired) electrons. The van der Waals surface area contributed by atoms with Crippen molar-refractivity contribution in [2.24, 2.45) is 11.7 Å². The summed E-state index contributed by atoms with van der Waals surface area (Å²) in [6.45, 7) is 5.34. The van der Waals surface area contributed by atoms with E-state index in [1.165, 1.54) is 11.8 Å². The van der Waals surface area contributed by atoms with Gasteiger partial charge < -0.3 is 26.4 Å². The molecule has 1 aliphatic rings. The highest BCUT2D eigenvalue weighted by Crippen LogP contribution is 2.17. The molecule has 4 atom stereocenters. The molecule has 1 heterocycles. The number of carboxylic acid groups (broad SMARTS) is 1. The third-order valence-corrected chi connectivity index (χ3v) is 4.58. The summed E-state index contributed by atoms with van der Waals surface area (Å²) in [6, 6.07) is -2.57. The van der Waals surface area contributed by atoms with Crippen molar-refractivity contribution in [2.75, 3.05) is 13.1 Å². The first-order valence-corrected chi connectivity index (χ1v) is 8.55. The lowest BCUT2D eigenvalue weighted by Gasteiger charge is -2.26. The van der Waals surface area contributed by atoms with Crippen molar-refractivity contribution in [3.8, 4) is 0 Å². The lowest BCUT2D eigenvalue weighted by Crippen LogP contribution is -2.55. The first-order chi connectivity index (χ1) is 11.7. The normalized spacial score (nSPS) is 20.5. The molecule has 9 heteroatoms. The van der Waals surface area contributed by atoms with E-state index in [1.54, 1.807) is 6.92 Å². The zero-order chi connectivity index (χ0) is 19.1. The van der Waals surface area contributed by atoms with Gasteiger partial charge >= 0.3 is 5.97 Å². The summed E-state index contributed by atoms with van der Waals surface area (Å²) < 4.78 is 0. The van der Waals surface area contributed by atoms with Crippen molar-refractivity contribution in [1.29, 1.82) is 0 Å². The number of carbonyl (C=O) groups is 4. The molecule has 1 fully saturated rings. The van der Waals surface area contributed by atoms with Crippen LogP contribution in [0.4, 0.5) is 0 Å². The van der Waals surface area contributed by atoms with Gasteiger partial charge in [-0.1, -0.05) is 20.3 Å². The van der Waals surface area contributed by atoms with Gasteiger partial charge in [0.25, 0.3) is 0 Å². The predicted octanol–water partition coefficient (Wildman–Crippen LogP) is -0.944. The summed E-state index contributed by atoms with van der Waals surface area (Å²) in [6.07, 6.45) is 1.80. The van der Waals surface area contributed by atoms with Crippen LogP contribution in [0.15, 0.2) is 0 Å². The van der Waals surface area contributed by atoms with Gasteiger partial charge in [-0.15, -0.1) is 0 Å². The van der Waals surface area contributed by atoms with Gasteiger partial charge in [0.15, 0.2) is 0 Å². The van der Waals surface area contributed by atoms with E-state index >= 15 is 0 Å². The van der Waals surface area contributed by atoms with Crippen molar-refractivity contribution >= 4 is 23.7 Å². The fourth-order valence-electron chi connectivity index (χ4n) is 2.79. The zero-order valence-corrected chi connectivity index (χ0v) is 14.9. The van der Waals surface area contributed by atoms with Gasteiger partial charge in [0.2, 0.25) is 17.7 Å². The highest BCUT2D eigenvalue weighted by molar-refractivity contribution is 5.93. The molecule has 0 bridgehead atoms. The van der Waals surface area contributed by atoms with Crippen LogP contribution < -0.4 is 16.4 Å². The number of carboxylic acids is 1. The average Bonchev–Trinajstić information content (AvgIpc) is 3.07. The number of rotatable bonds is 8. The van der Waals surface area contributed by atoms with E-state index in [2.05, 4.69) is 10.6 Å². The van der Waals surface area contributed by atoms with Crippen molar-refractivity contribution < 1.29 is 24.3 Å². The number of likely N-dealkylation sites (tertiary alicyclic amines) is 1. The summed E-state index contributed by atoms with van der Waals surface area (Å²) in [7, 11) is 0. The topological polar surface area (TPSA) is 142 Å². The summed E-state index contributed by atoms with van der Waals surface area (Å²) in [5, 5.41) is 14.2. The molecule has 0 aromatic heterocycles. The molecule has 5 N–H and O–H groups in total. The second-order valence-corrected chi connectivity index (χ2v) is 6.39. The first-order valence-electron chi connectivity index (χ1n) is 8.55. The molecule has 0 saturated carbocycles. The fourth-order valence-corrected chi connectivity index (χ4v) is 2.79. The Hall–Kier alpha value is -2.16. The molecule has 25 heavy (non-hydrogen) atoms. The fraction of sp³-hybridized carbons (Fsp3) is 0.750. The largest absolute Gasteiger partial charge is 0.480 e. The van der Waals surface area contributed by atoms with Crippen molar-refractivity contribution in [3.05, 3.63) is 0 Å². The number of aliphatic carboxylic acids is 1. The molecule has 142 valence electrons. The maximum absolute atomic E-state index is 12.4. The molecule has 1 aliphatic heterocycles. The van der Waals surface area contributed by atoms with Crippen molar-refractivity contribution in [3.63, 3.8) is 0 Å². The number of hydrogen-bond acceptors (Lipinski definition) is 5. The molecule has 3 amide bonds. The minimum absolute atomic E-state index is 0.172. The highest BCUT2D eigenvalue weighted by atomic mass is 16.4. The summed E-state index contributed by atoms with van der Waals surface area (Å²) in [5.41, 5.74) is 5.35. The molecule has 9 nitrogen and oxygen atoms in total. The van der Waals surface area contributed by atoms with Crippen molar-refractivity contribution in [1.82, 2.24) is 15.5 Å². The van der Waals surface area contributed by atoms with E-state index < -0.39 is 35.9 Å². The predicted molar refractivity (Wildman–Crippen MR) is 90.4 cm³/mol. The lowest BCUT2D eigenvalue weighted by molar-refractivity contribution is -0.144. The Kier molecular flexibility index (Phi) is 7.82. The molecule has 0 aromatic carbocycles. The summed E-state index contributed by atoms with van der Waals surface area (Å²) in [5.74, 6) is -2.67. The van der Waals surface area contributed by atoms with Crippen LogP contribution in [-0.2, 0) is 19.2 Å². The van der Waals surface area contributed by atoms with Gasteiger partial charge in [-0.05, 0) is 25.7 Å². The third-order valence-electron chi connectivity index (χ3n) is 4.58. The molecule has 0 aliphatic carbocycles. The maximum atomic E-state index is 12.4. The van der Waals surface area contributed by atoms with E-state index in [-0.39, 0.29) is 18.4 Å². The summed E-state index contributed by atoms with van der Waals surface area (Å²) in [4.78, 5) is 49.0. The Morgan fingerprint density at radius 3 is 2.40 bits per heavy atom. The van der Waals surface area contributed by atoms with Crippen LogP contribution in [0.25, 0.3) is 0 Å². The number of nitrogens with zero attached hydrogens (tertiary/aromatic N) is 1. The van der Waals surface area contributed by atoms with Gasteiger partial charge in [-0.2, -0.15) is 0 Å². The van der Waals surface area contributed by atoms with Crippen LogP contribution in [0.2, 0.25) is 0 Å². The monoisotopic (exact) mass is 356 g/mol. The number of carbonyl (C=O) groups excluding carboxylic acids is 3. The molecular weight excluding hydrogens is 328 g/mol. The van der Waals surface area contributed by atoms with Gasteiger partial charge in [0.1, 0.15) is 18.1 Å². The molecular formula is C16H28N4O5. The lowest BCUT2D eigenvalue weighted by atomic mass is 9.99. The van der Waals surface area contributed by atoms with Gasteiger partial charge in [0, 0.05) is 6.54 Å². The maximum Gasteiger partial charge on any atom is 0.326 e. The van der Waals surface area contributed by atoms with E-state index in [9.17, 15) is 24.3 Å². The Bertz CT molecular complexity index is 525. The molecule has 0 spiro atoms. The highest BCUT2D eigenvalue weighted by Gasteiger charge is 2.35. The van der Waals surface area contributed by atoms with E-state index in [1.807, 2.05) is 6.92 Å². The molecule has 1 saturated heterocycles. The van der Waals surface area contributed by atoms with Crippen LogP contribution in [0.1, 0.15) is 40.0 Å². The second kappa shape index (κ2) is 9.36. The molecule has 1 rings (SSSR count). The van der Waals surface area contributed by atoms with Crippen LogP contribution >= 0.6 is 0 Å². The number of nitrogens with two attached hydrogens (primary N) is 1. The smallest absolute Gasteiger partial charge is 0.326 e. The second-order valence-electron chi connectivity index (χ2n) is 6.39. The third kappa shape index (κ3) is 5.42. The van der Waals surface area contributed by atoms with Crippen LogP contribution in [0.5, 0.6) is 0 Å². The molecule has 4 unspecified atom stereocenters. The van der Waals surface area contributed by atoms with E-state index in [4.69, 9.17) is 5.73 Å².